The third-order valence-electron chi connectivity index (χ3n) is 2.15. The molecule has 1 aliphatic heterocycles. The van der Waals surface area contributed by atoms with Crippen molar-refractivity contribution in [3.05, 3.63) is 32.8 Å². The van der Waals surface area contributed by atoms with E-state index in [1.807, 2.05) is 0 Å². The van der Waals surface area contributed by atoms with Crippen LogP contribution in [0.15, 0.2) is 22.7 Å². The van der Waals surface area contributed by atoms with Gasteiger partial charge in [-0.3, -0.25) is 10.1 Å². The smallest absolute Gasteiger partial charge is 0.283 e. The number of ether oxygens (including phenoxy) is 1. The van der Waals surface area contributed by atoms with Crippen LogP contribution in [-0.4, -0.2) is 24.2 Å². The van der Waals surface area contributed by atoms with Gasteiger partial charge in [-0.15, -0.1) is 0 Å². The van der Waals surface area contributed by atoms with Crippen molar-refractivity contribution in [1.29, 1.82) is 0 Å². The first kappa shape index (κ1) is 10.4. The Kier molecular flexibility index (Phi) is 2.88. The molecule has 1 N–H and O–H groups in total. The van der Waals surface area contributed by atoms with Crippen molar-refractivity contribution >= 4 is 27.3 Å². The number of nitro benzene ring substituents is 1. The molecule has 0 aromatic heterocycles. The first-order chi connectivity index (χ1) is 7.16. The van der Waals surface area contributed by atoms with Crippen molar-refractivity contribution in [1.82, 2.24) is 0 Å². The van der Waals surface area contributed by atoms with Gasteiger partial charge in [-0.25, -0.2) is 0 Å². The molecule has 0 spiro atoms. The van der Waals surface area contributed by atoms with Crippen molar-refractivity contribution in [2.24, 2.45) is 0 Å². The lowest BCUT2D eigenvalue weighted by Crippen LogP contribution is -2.40. The van der Waals surface area contributed by atoms with Gasteiger partial charge in [-0.05, 0) is 28.1 Å². The van der Waals surface area contributed by atoms with Crippen LogP contribution < -0.4 is 5.32 Å². The number of hydrogen-bond donors (Lipinski definition) is 1. The van der Waals surface area contributed by atoms with Gasteiger partial charge in [0.1, 0.15) is 0 Å². The second kappa shape index (κ2) is 4.16. The second-order valence-electron chi connectivity index (χ2n) is 3.30. The average Bonchev–Trinajstić information content (AvgIpc) is 2.11. The van der Waals surface area contributed by atoms with Gasteiger partial charge in [0.2, 0.25) is 0 Å². The Hall–Kier alpha value is -1.14. The zero-order valence-electron chi connectivity index (χ0n) is 7.77. The second-order valence-corrected chi connectivity index (χ2v) is 4.16. The molecule has 1 aromatic carbocycles. The third kappa shape index (κ3) is 2.27. The number of nitrogens with zero attached hydrogens (tertiary/aromatic N) is 1. The van der Waals surface area contributed by atoms with Crippen molar-refractivity contribution in [2.45, 2.75) is 6.04 Å². The van der Waals surface area contributed by atoms with Gasteiger partial charge < -0.3 is 10.1 Å². The summed E-state index contributed by atoms with van der Waals surface area (Å²) < 4.78 is 5.50. The van der Waals surface area contributed by atoms with E-state index in [0.29, 0.717) is 23.7 Å². The summed E-state index contributed by atoms with van der Waals surface area (Å²) in [6, 6.07) is 5.20. The van der Waals surface area contributed by atoms with Gasteiger partial charge in [0.15, 0.2) is 0 Å². The molecule has 0 bridgehead atoms. The van der Waals surface area contributed by atoms with E-state index in [9.17, 15) is 10.1 Å². The van der Waals surface area contributed by atoms with Crippen molar-refractivity contribution in [3.63, 3.8) is 0 Å². The van der Waals surface area contributed by atoms with Gasteiger partial charge in [-0.2, -0.15) is 0 Å². The molecule has 0 radical (unpaired) electrons. The Bertz CT molecular complexity index is 393. The van der Waals surface area contributed by atoms with Crippen LogP contribution in [0.5, 0.6) is 0 Å². The predicted octanol–water partition coefficient (Wildman–Crippen LogP) is 2.17. The lowest BCUT2D eigenvalue weighted by Gasteiger charge is -2.27. The summed E-state index contributed by atoms with van der Waals surface area (Å²) in [5, 5.41) is 13.8. The SMILES string of the molecule is O=[N+]([O-])c1ccc(NC2COC2)cc1Br. The lowest BCUT2D eigenvalue weighted by atomic mass is 10.2. The van der Waals surface area contributed by atoms with E-state index in [-0.39, 0.29) is 5.69 Å². The van der Waals surface area contributed by atoms with Crippen LogP contribution in [0.25, 0.3) is 0 Å². The van der Waals surface area contributed by atoms with Gasteiger partial charge in [0, 0.05) is 11.8 Å². The summed E-state index contributed by atoms with van der Waals surface area (Å²) in [6.45, 7) is 1.38. The highest BCUT2D eigenvalue weighted by atomic mass is 79.9. The highest BCUT2D eigenvalue weighted by Crippen LogP contribution is 2.28. The summed E-state index contributed by atoms with van der Waals surface area (Å²) in [4.78, 5) is 10.1. The largest absolute Gasteiger partial charge is 0.378 e. The fourth-order valence-corrected chi connectivity index (χ4v) is 1.82. The third-order valence-corrected chi connectivity index (χ3v) is 2.79. The number of halogens is 1. The van der Waals surface area contributed by atoms with E-state index in [0.717, 1.165) is 5.69 Å². The maximum atomic E-state index is 10.6. The van der Waals surface area contributed by atoms with Crippen LogP contribution in [0.3, 0.4) is 0 Å². The topological polar surface area (TPSA) is 64.4 Å². The van der Waals surface area contributed by atoms with Crippen LogP contribution in [0.4, 0.5) is 11.4 Å². The maximum absolute atomic E-state index is 10.6. The molecule has 0 atom stereocenters. The van der Waals surface area contributed by atoms with Crippen LogP contribution >= 0.6 is 15.9 Å². The average molecular weight is 273 g/mol. The molecule has 0 amide bonds. The first-order valence-corrected chi connectivity index (χ1v) is 5.24. The van der Waals surface area contributed by atoms with Gasteiger partial charge in [-0.1, -0.05) is 0 Å². The number of nitrogens with one attached hydrogen (secondary N) is 1. The molecule has 1 fully saturated rings. The van der Waals surface area contributed by atoms with Crippen molar-refractivity contribution in [3.8, 4) is 0 Å². The minimum absolute atomic E-state index is 0.0745. The van der Waals surface area contributed by atoms with Crippen LogP contribution in [0.2, 0.25) is 0 Å². The molecular formula is C9H9BrN2O3. The molecule has 2 rings (SSSR count). The molecule has 80 valence electrons. The molecule has 0 saturated carbocycles. The number of hydrogen-bond acceptors (Lipinski definition) is 4. The van der Waals surface area contributed by atoms with E-state index in [1.165, 1.54) is 6.07 Å². The normalized spacial score (nSPS) is 15.8. The molecule has 1 heterocycles. The predicted molar refractivity (Wildman–Crippen MR) is 59.0 cm³/mol. The van der Waals surface area contributed by atoms with Crippen LogP contribution in [0, 0.1) is 10.1 Å². The molecule has 0 unspecified atom stereocenters. The Morgan fingerprint density at radius 2 is 2.27 bits per heavy atom. The van der Waals surface area contributed by atoms with Crippen LogP contribution in [0.1, 0.15) is 0 Å². The summed E-state index contributed by atoms with van der Waals surface area (Å²) in [6.07, 6.45) is 0. The summed E-state index contributed by atoms with van der Waals surface area (Å²) in [5.74, 6) is 0. The number of benzene rings is 1. The van der Waals surface area contributed by atoms with Gasteiger partial charge >= 0.3 is 0 Å². The minimum Gasteiger partial charge on any atom is -0.378 e. The van der Waals surface area contributed by atoms with Crippen molar-refractivity contribution in [2.75, 3.05) is 18.5 Å². The molecule has 5 nitrogen and oxygen atoms in total. The van der Waals surface area contributed by atoms with E-state index < -0.39 is 4.92 Å². The number of rotatable bonds is 3. The molecule has 1 aromatic rings. The molecule has 15 heavy (non-hydrogen) atoms. The van der Waals surface area contributed by atoms with E-state index >= 15 is 0 Å². The van der Waals surface area contributed by atoms with Crippen LogP contribution in [-0.2, 0) is 4.74 Å². The van der Waals surface area contributed by atoms with E-state index in [4.69, 9.17) is 4.74 Å². The fraction of sp³-hybridized carbons (Fsp3) is 0.333. The van der Waals surface area contributed by atoms with Crippen molar-refractivity contribution < 1.29 is 9.66 Å². The highest BCUT2D eigenvalue weighted by Gasteiger charge is 2.19. The fourth-order valence-electron chi connectivity index (χ4n) is 1.30. The van der Waals surface area contributed by atoms with Gasteiger partial charge in [0.05, 0.1) is 28.7 Å². The highest BCUT2D eigenvalue weighted by molar-refractivity contribution is 9.10. The summed E-state index contributed by atoms with van der Waals surface area (Å²) in [5.41, 5.74) is 0.936. The Balaban J connectivity index is 2.13. The maximum Gasteiger partial charge on any atom is 0.283 e. The summed E-state index contributed by atoms with van der Waals surface area (Å²) in [7, 11) is 0. The van der Waals surface area contributed by atoms with E-state index in [2.05, 4.69) is 21.2 Å². The zero-order chi connectivity index (χ0) is 10.8. The summed E-state index contributed by atoms with van der Waals surface area (Å²) >= 11 is 3.16. The molecule has 6 heteroatoms. The zero-order valence-corrected chi connectivity index (χ0v) is 9.36. The minimum atomic E-state index is -0.416. The van der Waals surface area contributed by atoms with Gasteiger partial charge in [0.25, 0.3) is 5.69 Å². The quantitative estimate of drug-likeness (QED) is 0.677. The lowest BCUT2D eigenvalue weighted by molar-refractivity contribution is -0.385. The first-order valence-electron chi connectivity index (χ1n) is 4.45. The monoisotopic (exact) mass is 272 g/mol. The number of anilines is 1. The molecule has 0 aliphatic carbocycles. The standard InChI is InChI=1S/C9H9BrN2O3/c10-8-3-6(11-7-4-15-5-7)1-2-9(8)12(13)14/h1-3,7,11H,4-5H2. The Labute approximate surface area is 94.7 Å². The Morgan fingerprint density at radius 3 is 2.73 bits per heavy atom. The Morgan fingerprint density at radius 1 is 1.53 bits per heavy atom. The molecule has 1 saturated heterocycles. The van der Waals surface area contributed by atoms with E-state index in [1.54, 1.807) is 12.1 Å². The number of nitro groups is 1. The molecular weight excluding hydrogens is 264 g/mol. The molecule has 1 aliphatic rings.